The Morgan fingerprint density at radius 1 is 1.11 bits per heavy atom. The number of hydrogen-bond donors (Lipinski definition) is 1. The number of ether oxygens (including phenoxy) is 1. The number of unbranched alkanes of at least 4 members (excludes halogenated alkanes) is 1. The molecule has 3 aromatic carbocycles. The number of carbonyl (C=O) groups is 2. The summed E-state index contributed by atoms with van der Waals surface area (Å²) in [5, 5.41) is 2.72. The Labute approximate surface area is 213 Å². The van der Waals surface area contributed by atoms with E-state index in [4.69, 9.17) is 17.0 Å². The van der Waals surface area contributed by atoms with Crippen molar-refractivity contribution in [3.8, 4) is 5.75 Å². The first-order valence-corrected chi connectivity index (χ1v) is 12.3. The van der Waals surface area contributed by atoms with Crippen LogP contribution in [0.1, 0.15) is 35.7 Å². The Hall–Kier alpha value is -3.49. The average molecular weight is 507 g/mol. The smallest absolute Gasteiger partial charge is 0.270 e. The quantitative estimate of drug-likeness (QED) is 0.210. The van der Waals surface area contributed by atoms with Gasteiger partial charge in [0.15, 0.2) is 4.32 Å². The molecule has 1 fully saturated rings. The number of thioether (sulfide) groups is 1. The molecule has 0 spiro atoms. The van der Waals surface area contributed by atoms with Gasteiger partial charge in [0.25, 0.3) is 11.8 Å². The summed E-state index contributed by atoms with van der Waals surface area (Å²) in [7, 11) is 0. The van der Waals surface area contributed by atoms with E-state index in [-0.39, 0.29) is 17.6 Å². The molecule has 2 amide bonds. The van der Waals surface area contributed by atoms with Gasteiger partial charge in [-0.15, -0.1) is 0 Å². The van der Waals surface area contributed by atoms with Crippen molar-refractivity contribution in [3.63, 3.8) is 0 Å². The number of anilines is 2. The van der Waals surface area contributed by atoms with Gasteiger partial charge in [-0.05, 0) is 72.7 Å². The Morgan fingerprint density at radius 3 is 2.57 bits per heavy atom. The van der Waals surface area contributed by atoms with Crippen LogP contribution in [-0.4, -0.2) is 22.7 Å². The molecule has 0 aromatic heterocycles. The van der Waals surface area contributed by atoms with Crippen LogP contribution < -0.4 is 15.0 Å². The molecule has 0 aliphatic carbocycles. The minimum Gasteiger partial charge on any atom is -0.494 e. The molecule has 1 heterocycles. The van der Waals surface area contributed by atoms with Gasteiger partial charge < -0.3 is 10.1 Å². The number of amides is 2. The van der Waals surface area contributed by atoms with Crippen LogP contribution in [0.3, 0.4) is 0 Å². The minimum absolute atomic E-state index is 0.251. The van der Waals surface area contributed by atoms with E-state index in [1.807, 2.05) is 24.3 Å². The zero-order chi connectivity index (χ0) is 24.8. The summed E-state index contributed by atoms with van der Waals surface area (Å²) in [6.07, 6.45) is 3.86. The molecule has 1 N–H and O–H groups in total. The van der Waals surface area contributed by atoms with Gasteiger partial charge in [0, 0.05) is 11.3 Å². The van der Waals surface area contributed by atoms with E-state index in [0.717, 1.165) is 24.2 Å². The first-order valence-electron chi connectivity index (χ1n) is 11.1. The number of benzene rings is 3. The Bertz CT molecular complexity index is 1270. The van der Waals surface area contributed by atoms with Gasteiger partial charge in [-0.3, -0.25) is 14.5 Å². The fourth-order valence-electron chi connectivity index (χ4n) is 3.36. The van der Waals surface area contributed by atoms with Crippen molar-refractivity contribution in [1.29, 1.82) is 0 Å². The van der Waals surface area contributed by atoms with Gasteiger partial charge in [-0.25, -0.2) is 4.39 Å². The molecule has 0 radical (unpaired) electrons. The maximum absolute atomic E-state index is 13.2. The summed E-state index contributed by atoms with van der Waals surface area (Å²) in [6, 6.07) is 19.7. The first-order chi connectivity index (χ1) is 16.9. The topological polar surface area (TPSA) is 58.6 Å². The summed E-state index contributed by atoms with van der Waals surface area (Å²) in [4.78, 5) is 27.7. The summed E-state index contributed by atoms with van der Waals surface area (Å²) in [6.45, 7) is 2.79. The van der Waals surface area contributed by atoms with Gasteiger partial charge >= 0.3 is 0 Å². The summed E-state index contributed by atoms with van der Waals surface area (Å²) < 4.78 is 19.2. The first kappa shape index (κ1) is 24.6. The lowest BCUT2D eigenvalue weighted by atomic mass is 10.1. The minimum atomic E-state index is -0.385. The number of nitrogens with zero attached hydrogens (tertiary/aromatic N) is 1. The molecule has 4 rings (SSSR count). The SMILES string of the molecule is CCCCOc1ccc(/C=C2/SC(=S)N(c3cccc(C(=O)Nc4ccc(F)cc4)c3)C2=O)cc1. The molecule has 35 heavy (non-hydrogen) atoms. The van der Waals surface area contributed by atoms with E-state index < -0.39 is 0 Å². The molecular weight excluding hydrogens is 483 g/mol. The molecule has 8 heteroatoms. The normalized spacial score (nSPS) is 14.5. The summed E-state index contributed by atoms with van der Waals surface area (Å²) in [5.74, 6) is -0.220. The van der Waals surface area contributed by atoms with Crippen molar-refractivity contribution in [2.75, 3.05) is 16.8 Å². The van der Waals surface area contributed by atoms with Crippen LogP contribution >= 0.6 is 24.0 Å². The molecule has 0 bridgehead atoms. The molecule has 0 atom stereocenters. The number of carbonyl (C=O) groups excluding carboxylic acids is 2. The van der Waals surface area contributed by atoms with Crippen LogP contribution in [0.15, 0.2) is 77.7 Å². The lowest BCUT2D eigenvalue weighted by Gasteiger charge is -2.15. The highest BCUT2D eigenvalue weighted by atomic mass is 32.2. The van der Waals surface area contributed by atoms with Crippen LogP contribution in [0.4, 0.5) is 15.8 Å². The van der Waals surface area contributed by atoms with E-state index in [0.29, 0.717) is 32.8 Å². The number of thiocarbonyl (C=S) groups is 1. The van der Waals surface area contributed by atoms with Crippen molar-refractivity contribution in [2.45, 2.75) is 19.8 Å². The van der Waals surface area contributed by atoms with Crippen molar-refractivity contribution in [2.24, 2.45) is 0 Å². The van der Waals surface area contributed by atoms with E-state index in [1.54, 1.807) is 30.3 Å². The monoisotopic (exact) mass is 506 g/mol. The van der Waals surface area contributed by atoms with E-state index in [9.17, 15) is 14.0 Å². The third-order valence-electron chi connectivity index (χ3n) is 5.21. The molecule has 0 unspecified atom stereocenters. The van der Waals surface area contributed by atoms with Gasteiger partial charge in [0.1, 0.15) is 11.6 Å². The fourth-order valence-corrected chi connectivity index (χ4v) is 4.66. The molecule has 178 valence electrons. The second kappa shape index (κ2) is 11.3. The third-order valence-corrected chi connectivity index (χ3v) is 6.51. The average Bonchev–Trinajstić information content (AvgIpc) is 3.14. The Balaban J connectivity index is 1.48. The van der Waals surface area contributed by atoms with Gasteiger partial charge in [-0.1, -0.05) is 55.5 Å². The number of halogens is 1. The Kier molecular flexibility index (Phi) is 7.94. The highest BCUT2D eigenvalue weighted by molar-refractivity contribution is 8.27. The second-order valence-corrected chi connectivity index (χ2v) is 9.48. The van der Waals surface area contributed by atoms with Crippen LogP contribution in [0, 0.1) is 5.82 Å². The highest BCUT2D eigenvalue weighted by Crippen LogP contribution is 2.36. The van der Waals surface area contributed by atoms with E-state index in [1.165, 1.54) is 40.9 Å². The molecule has 3 aromatic rings. The molecule has 1 aliphatic rings. The van der Waals surface area contributed by atoms with E-state index in [2.05, 4.69) is 12.2 Å². The van der Waals surface area contributed by atoms with Gasteiger partial charge in [-0.2, -0.15) is 0 Å². The van der Waals surface area contributed by atoms with E-state index >= 15 is 0 Å². The standard InChI is InChI=1S/C27H23FN2O3S2/c1-2-3-15-33-23-13-7-18(8-14-23)16-24-26(32)30(27(34)35-24)22-6-4-5-19(17-22)25(31)29-21-11-9-20(28)10-12-21/h4-14,16-17H,2-3,15H2,1H3,(H,29,31)/b24-16+. The molecule has 1 aliphatic heterocycles. The lowest BCUT2D eigenvalue weighted by molar-refractivity contribution is -0.113. The van der Waals surface area contributed by atoms with Crippen LogP contribution in [0.2, 0.25) is 0 Å². The number of rotatable bonds is 8. The Morgan fingerprint density at radius 2 is 1.86 bits per heavy atom. The number of nitrogens with one attached hydrogen (secondary N) is 1. The van der Waals surface area contributed by atoms with Crippen LogP contribution in [0.25, 0.3) is 6.08 Å². The van der Waals surface area contributed by atoms with Gasteiger partial charge in [0.05, 0.1) is 17.2 Å². The highest BCUT2D eigenvalue weighted by Gasteiger charge is 2.33. The van der Waals surface area contributed by atoms with Crippen molar-refractivity contribution >= 4 is 57.6 Å². The molecule has 0 saturated carbocycles. The van der Waals surface area contributed by atoms with Crippen LogP contribution in [-0.2, 0) is 4.79 Å². The van der Waals surface area contributed by atoms with Gasteiger partial charge in [0.2, 0.25) is 0 Å². The van der Waals surface area contributed by atoms with Crippen molar-refractivity contribution in [1.82, 2.24) is 0 Å². The molecule has 5 nitrogen and oxygen atoms in total. The number of hydrogen-bond acceptors (Lipinski definition) is 5. The maximum Gasteiger partial charge on any atom is 0.270 e. The zero-order valence-corrected chi connectivity index (χ0v) is 20.6. The van der Waals surface area contributed by atoms with Crippen molar-refractivity contribution in [3.05, 3.63) is 94.6 Å². The largest absolute Gasteiger partial charge is 0.494 e. The third kappa shape index (κ3) is 6.15. The van der Waals surface area contributed by atoms with Crippen molar-refractivity contribution < 1.29 is 18.7 Å². The predicted molar refractivity (Wildman–Crippen MR) is 143 cm³/mol. The maximum atomic E-state index is 13.2. The molecular formula is C27H23FN2O3S2. The summed E-state index contributed by atoms with van der Waals surface area (Å²) in [5.41, 5.74) is 2.18. The second-order valence-electron chi connectivity index (χ2n) is 7.80. The molecule has 1 saturated heterocycles. The lowest BCUT2D eigenvalue weighted by Crippen LogP contribution is -2.27. The predicted octanol–water partition coefficient (Wildman–Crippen LogP) is 6.66. The zero-order valence-electron chi connectivity index (χ0n) is 19.0. The fraction of sp³-hybridized carbons (Fsp3) is 0.148. The van der Waals surface area contributed by atoms with Crippen LogP contribution in [0.5, 0.6) is 5.75 Å². The summed E-state index contributed by atoms with van der Waals surface area (Å²) >= 11 is 6.68.